The van der Waals surface area contributed by atoms with Crippen molar-refractivity contribution in [3.63, 3.8) is 0 Å². The second-order valence-corrected chi connectivity index (χ2v) is 4.33. The van der Waals surface area contributed by atoms with Crippen LogP contribution in [-0.4, -0.2) is 32.1 Å². The highest BCUT2D eigenvalue weighted by molar-refractivity contribution is 5.93. The summed E-state index contributed by atoms with van der Waals surface area (Å²) < 4.78 is 5.40. The van der Waals surface area contributed by atoms with Gasteiger partial charge in [-0.2, -0.15) is 0 Å². The lowest BCUT2D eigenvalue weighted by Gasteiger charge is -2.25. The molecule has 0 atom stereocenters. The molecule has 18 heavy (non-hydrogen) atoms. The molecular formula is C14H20N2O2. The fourth-order valence-electron chi connectivity index (χ4n) is 2.10. The average molecular weight is 248 g/mol. The smallest absolute Gasteiger partial charge is 0.227 e. The molecule has 1 aliphatic heterocycles. The number of nitrogens with one attached hydrogen (secondary N) is 1. The normalized spacial score (nSPS) is 17.2. The van der Waals surface area contributed by atoms with Crippen LogP contribution in [0.15, 0.2) is 24.3 Å². The Morgan fingerprint density at radius 3 is 2.78 bits per heavy atom. The molecule has 1 N–H and O–H groups in total. The summed E-state index contributed by atoms with van der Waals surface area (Å²) >= 11 is 0. The number of hydrogen-bond acceptors (Lipinski definition) is 3. The van der Waals surface area contributed by atoms with Crippen molar-refractivity contribution in [2.45, 2.75) is 19.8 Å². The molecule has 0 aliphatic carbocycles. The quantitative estimate of drug-likeness (QED) is 0.887. The molecule has 0 bridgehead atoms. The van der Waals surface area contributed by atoms with E-state index >= 15 is 0 Å². The van der Waals surface area contributed by atoms with Gasteiger partial charge < -0.3 is 15.0 Å². The number of ether oxygens (including phenoxy) is 1. The Morgan fingerprint density at radius 2 is 2.06 bits per heavy atom. The molecule has 1 amide bonds. The van der Waals surface area contributed by atoms with Crippen LogP contribution in [0.1, 0.15) is 19.8 Å². The first kappa shape index (κ1) is 12.9. The Kier molecular flexibility index (Phi) is 4.59. The van der Waals surface area contributed by atoms with Gasteiger partial charge >= 0.3 is 0 Å². The molecule has 1 aromatic rings. The van der Waals surface area contributed by atoms with Crippen LogP contribution in [0, 0.1) is 0 Å². The molecule has 0 saturated carbocycles. The van der Waals surface area contributed by atoms with Gasteiger partial charge in [0.25, 0.3) is 0 Å². The maximum atomic E-state index is 12.0. The highest BCUT2D eigenvalue weighted by Gasteiger charge is 2.16. The van der Waals surface area contributed by atoms with Gasteiger partial charge in [-0.1, -0.05) is 0 Å². The van der Waals surface area contributed by atoms with Crippen LogP contribution in [-0.2, 0) is 4.79 Å². The maximum absolute atomic E-state index is 12.0. The molecule has 0 radical (unpaired) electrons. The van der Waals surface area contributed by atoms with Crippen molar-refractivity contribution in [1.29, 1.82) is 0 Å². The van der Waals surface area contributed by atoms with Gasteiger partial charge in [-0.25, -0.2) is 0 Å². The van der Waals surface area contributed by atoms with E-state index in [1.807, 2.05) is 36.1 Å². The van der Waals surface area contributed by atoms with Crippen molar-refractivity contribution >= 4 is 11.6 Å². The molecule has 2 rings (SSSR count). The van der Waals surface area contributed by atoms with E-state index in [0.29, 0.717) is 13.0 Å². The number of carbonyl (C=O) groups excluding carboxylic acids is 1. The predicted molar refractivity (Wildman–Crippen MR) is 72.1 cm³/mol. The van der Waals surface area contributed by atoms with Gasteiger partial charge in [0.2, 0.25) is 5.91 Å². The second kappa shape index (κ2) is 6.40. The number of rotatable bonds is 3. The maximum Gasteiger partial charge on any atom is 0.227 e. The van der Waals surface area contributed by atoms with E-state index in [4.69, 9.17) is 4.74 Å². The lowest BCUT2D eigenvalue weighted by atomic mass is 10.2. The van der Waals surface area contributed by atoms with E-state index in [9.17, 15) is 4.79 Å². The Labute approximate surface area is 108 Å². The average Bonchev–Trinajstić information content (AvgIpc) is 2.36. The molecule has 4 nitrogen and oxygen atoms in total. The molecule has 1 aromatic carbocycles. The number of hydrogen-bond donors (Lipinski definition) is 1. The summed E-state index contributed by atoms with van der Waals surface area (Å²) in [6.07, 6.45) is 1.52. The molecule has 0 unspecified atom stereocenters. The molecule has 1 heterocycles. The zero-order chi connectivity index (χ0) is 12.8. The molecule has 1 saturated heterocycles. The van der Waals surface area contributed by atoms with Crippen molar-refractivity contribution in [3.8, 4) is 5.75 Å². The van der Waals surface area contributed by atoms with Crippen molar-refractivity contribution in [3.05, 3.63) is 24.3 Å². The third kappa shape index (κ3) is 3.23. The summed E-state index contributed by atoms with van der Waals surface area (Å²) in [4.78, 5) is 13.9. The minimum absolute atomic E-state index is 0.209. The summed E-state index contributed by atoms with van der Waals surface area (Å²) in [6.45, 7) is 5.13. The van der Waals surface area contributed by atoms with Crippen molar-refractivity contribution in [2.75, 3.05) is 31.1 Å². The number of carbonyl (C=O) groups is 1. The Balaban J connectivity index is 2.09. The fourth-order valence-corrected chi connectivity index (χ4v) is 2.10. The summed E-state index contributed by atoms with van der Waals surface area (Å²) in [5.41, 5.74) is 0.951. The van der Waals surface area contributed by atoms with Crippen molar-refractivity contribution in [2.24, 2.45) is 0 Å². The predicted octanol–water partition coefficient (Wildman–Crippen LogP) is 1.80. The largest absolute Gasteiger partial charge is 0.494 e. The lowest BCUT2D eigenvalue weighted by Crippen LogP contribution is -2.39. The van der Waals surface area contributed by atoms with Gasteiger partial charge in [0, 0.05) is 25.2 Å². The van der Waals surface area contributed by atoms with Crippen LogP contribution in [0.5, 0.6) is 5.75 Å². The highest BCUT2D eigenvalue weighted by Crippen LogP contribution is 2.20. The molecule has 0 spiro atoms. The van der Waals surface area contributed by atoms with Crippen LogP contribution in [0.25, 0.3) is 0 Å². The summed E-state index contributed by atoms with van der Waals surface area (Å²) in [5.74, 6) is 1.06. The highest BCUT2D eigenvalue weighted by atomic mass is 16.5. The molecular weight excluding hydrogens is 228 g/mol. The van der Waals surface area contributed by atoms with Crippen LogP contribution in [0.3, 0.4) is 0 Å². The van der Waals surface area contributed by atoms with Gasteiger partial charge in [-0.3, -0.25) is 4.79 Å². The minimum atomic E-state index is 0.209. The first-order chi connectivity index (χ1) is 8.81. The summed E-state index contributed by atoms with van der Waals surface area (Å²) in [5, 5.41) is 3.32. The minimum Gasteiger partial charge on any atom is -0.494 e. The Morgan fingerprint density at radius 1 is 1.28 bits per heavy atom. The number of anilines is 1. The molecule has 0 aromatic heterocycles. The van der Waals surface area contributed by atoms with Gasteiger partial charge in [-0.05, 0) is 44.2 Å². The van der Waals surface area contributed by atoms with E-state index in [2.05, 4.69) is 5.32 Å². The zero-order valence-corrected chi connectivity index (χ0v) is 10.8. The zero-order valence-electron chi connectivity index (χ0n) is 10.8. The van der Waals surface area contributed by atoms with Crippen LogP contribution in [0.2, 0.25) is 0 Å². The second-order valence-electron chi connectivity index (χ2n) is 4.33. The van der Waals surface area contributed by atoms with Crippen LogP contribution >= 0.6 is 0 Å². The Hall–Kier alpha value is -1.55. The van der Waals surface area contributed by atoms with E-state index in [0.717, 1.165) is 37.5 Å². The Bertz CT molecular complexity index is 389. The molecule has 1 aliphatic rings. The summed E-state index contributed by atoms with van der Waals surface area (Å²) in [7, 11) is 0. The monoisotopic (exact) mass is 248 g/mol. The van der Waals surface area contributed by atoms with Gasteiger partial charge in [-0.15, -0.1) is 0 Å². The third-order valence-corrected chi connectivity index (χ3v) is 3.02. The van der Waals surface area contributed by atoms with Crippen LogP contribution < -0.4 is 15.0 Å². The van der Waals surface area contributed by atoms with Crippen molar-refractivity contribution < 1.29 is 9.53 Å². The SMILES string of the molecule is CCOc1ccc(N2CCNCCCC2=O)cc1. The first-order valence-electron chi connectivity index (χ1n) is 6.55. The van der Waals surface area contributed by atoms with Gasteiger partial charge in [0.05, 0.1) is 6.61 Å². The molecule has 98 valence electrons. The van der Waals surface area contributed by atoms with E-state index < -0.39 is 0 Å². The lowest BCUT2D eigenvalue weighted by molar-refractivity contribution is -0.118. The molecule has 4 heteroatoms. The van der Waals surface area contributed by atoms with Gasteiger partial charge in [0.1, 0.15) is 5.75 Å². The first-order valence-corrected chi connectivity index (χ1v) is 6.55. The van der Waals surface area contributed by atoms with Crippen molar-refractivity contribution in [1.82, 2.24) is 5.32 Å². The standard InChI is InChI=1S/C14H20N2O2/c1-2-18-13-7-5-12(6-8-13)16-11-10-15-9-3-4-14(16)17/h5-8,15H,2-4,9-11H2,1H3. The van der Waals surface area contributed by atoms with Crippen LogP contribution in [0.4, 0.5) is 5.69 Å². The van der Waals surface area contributed by atoms with E-state index in [1.54, 1.807) is 0 Å². The van der Waals surface area contributed by atoms with Gasteiger partial charge in [0.15, 0.2) is 0 Å². The summed E-state index contributed by atoms with van der Waals surface area (Å²) in [6, 6.07) is 7.73. The number of nitrogens with zero attached hydrogens (tertiary/aromatic N) is 1. The number of amides is 1. The van der Waals surface area contributed by atoms with E-state index in [1.165, 1.54) is 0 Å². The third-order valence-electron chi connectivity index (χ3n) is 3.02. The van der Waals surface area contributed by atoms with E-state index in [-0.39, 0.29) is 5.91 Å². The number of benzene rings is 1. The molecule has 1 fully saturated rings. The fraction of sp³-hybridized carbons (Fsp3) is 0.500. The topological polar surface area (TPSA) is 41.6 Å².